The van der Waals surface area contributed by atoms with Crippen LogP contribution >= 0.6 is 0 Å². The molecule has 1 amide bonds. The molecule has 0 aliphatic carbocycles. The molecule has 24 heavy (non-hydrogen) atoms. The summed E-state index contributed by atoms with van der Waals surface area (Å²) in [5.74, 6) is -1.06. The van der Waals surface area contributed by atoms with E-state index in [2.05, 4.69) is 10.3 Å². The van der Waals surface area contributed by atoms with Crippen LogP contribution in [0.15, 0.2) is 0 Å². The molecule has 132 valence electrons. The van der Waals surface area contributed by atoms with Crippen molar-refractivity contribution >= 4 is 12.1 Å². The number of hydrogen-bond acceptors (Lipinski definition) is 5. The highest BCUT2D eigenvalue weighted by molar-refractivity contribution is 5.86. The third-order valence-electron chi connectivity index (χ3n) is 4.79. The molecule has 8 heteroatoms. The molecule has 0 spiro atoms. The zero-order valence-electron chi connectivity index (χ0n) is 14.5. The molecule has 2 saturated heterocycles. The summed E-state index contributed by atoms with van der Waals surface area (Å²) in [6.07, 6.45) is 3.13. The highest BCUT2D eigenvalue weighted by atomic mass is 16.6. The number of amides is 1. The number of aromatic nitrogens is 3. The molecule has 3 atom stereocenters. The van der Waals surface area contributed by atoms with E-state index in [1.807, 2.05) is 25.7 Å². The largest absolute Gasteiger partial charge is 0.476 e. The molecule has 1 N–H and O–H groups in total. The van der Waals surface area contributed by atoms with Gasteiger partial charge in [-0.1, -0.05) is 5.21 Å². The van der Waals surface area contributed by atoms with Crippen LogP contribution in [0.1, 0.15) is 68.7 Å². The number of piperidine rings is 1. The Morgan fingerprint density at radius 2 is 1.75 bits per heavy atom. The van der Waals surface area contributed by atoms with Crippen molar-refractivity contribution in [3.8, 4) is 0 Å². The molecule has 0 radical (unpaired) electrons. The maximum atomic E-state index is 12.5. The minimum atomic E-state index is -1.06. The summed E-state index contributed by atoms with van der Waals surface area (Å²) >= 11 is 0. The Labute approximate surface area is 140 Å². The second kappa shape index (κ2) is 5.75. The van der Waals surface area contributed by atoms with E-state index in [1.54, 1.807) is 11.6 Å². The van der Waals surface area contributed by atoms with E-state index < -0.39 is 11.6 Å². The summed E-state index contributed by atoms with van der Waals surface area (Å²) in [5, 5.41) is 16.9. The number of ether oxygens (including phenoxy) is 1. The second-order valence-corrected chi connectivity index (χ2v) is 7.67. The van der Waals surface area contributed by atoms with Crippen molar-refractivity contribution in [2.75, 3.05) is 0 Å². The van der Waals surface area contributed by atoms with Gasteiger partial charge in [0.05, 0.1) is 11.7 Å². The predicted molar refractivity (Wildman–Crippen MR) is 84.9 cm³/mol. The summed E-state index contributed by atoms with van der Waals surface area (Å²) in [6, 6.07) is 0.294. The normalized spacial score (nSPS) is 26.5. The van der Waals surface area contributed by atoms with Crippen LogP contribution in [-0.4, -0.2) is 54.7 Å². The zero-order valence-corrected chi connectivity index (χ0v) is 14.5. The van der Waals surface area contributed by atoms with E-state index in [0.29, 0.717) is 5.69 Å². The van der Waals surface area contributed by atoms with Gasteiger partial charge in [-0.2, -0.15) is 0 Å². The van der Waals surface area contributed by atoms with Gasteiger partial charge in [-0.15, -0.1) is 5.10 Å². The number of carboxylic acids is 1. The first-order valence-electron chi connectivity index (χ1n) is 8.34. The van der Waals surface area contributed by atoms with Crippen LogP contribution in [0.25, 0.3) is 0 Å². The van der Waals surface area contributed by atoms with Crippen LogP contribution in [-0.2, 0) is 4.74 Å². The fraction of sp³-hybridized carbons (Fsp3) is 0.750. The van der Waals surface area contributed by atoms with E-state index in [9.17, 15) is 9.59 Å². The van der Waals surface area contributed by atoms with E-state index >= 15 is 0 Å². The van der Waals surface area contributed by atoms with Crippen LogP contribution in [0.2, 0.25) is 0 Å². The molecular weight excluding hydrogens is 312 g/mol. The van der Waals surface area contributed by atoms with E-state index in [4.69, 9.17) is 9.84 Å². The van der Waals surface area contributed by atoms with Crippen molar-refractivity contribution in [2.24, 2.45) is 0 Å². The van der Waals surface area contributed by atoms with E-state index in [1.165, 1.54) is 0 Å². The highest BCUT2D eigenvalue weighted by Crippen LogP contribution is 2.41. The van der Waals surface area contributed by atoms with Crippen LogP contribution in [0.4, 0.5) is 4.79 Å². The standard InChI is InChI=1S/C16H24N4O4/c1-9-13(14(21)22)17-18-20(9)12-7-10-5-6-11(8-12)19(10)15(23)24-16(2,3)4/h10-12H,5-8H2,1-4H3,(H,21,22)/t10-,11+,12?. The third kappa shape index (κ3) is 2.97. The van der Waals surface area contributed by atoms with Gasteiger partial charge in [0.15, 0.2) is 5.69 Å². The minimum absolute atomic E-state index is 0.00285. The molecule has 1 aromatic rings. The Balaban J connectivity index is 1.76. The highest BCUT2D eigenvalue weighted by Gasteiger charge is 2.46. The Morgan fingerprint density at radius 1 is 1.17 bits per heavy atom. The number of aromatic carboxylic acids is 1. The predicted octanol–water partition coefficient (Wildman–Crippen LogP) is 2.39. The van der Waals surface area contributed by atoms with Crippen molar-refractivity contribution in [1.29, 1.82) is 0 Å². The lowest BCUT2D eigenvalue weighted by molar-refractivity contribution is 0.00214. The SMILES string of the molecule is Cc1c(C(=O)O)nnn1C1C[C@H]2CC[C@@H](C1)N2C(=O)OC(C)(C)C. The fourth-order valence-electron chi connectivity index (χ4n) is 3.85. The van der Waals surface area contributed by atoms with Gasteiger partial charge in [0.25, 0.3) is 0 Å². The lowest BCUT2D eigenvalue weighted by Gasteiger charge is -2.39. The van der Waals surface area contributed by atoms with Gasteiger partial charge in [-0.25, -0.2) is 14.3 Å². The van der Waals surface area contributed by atoms with Gasteiger partial charge in [-0.3, -0.25) is 0 Å². The molecule has 2 bridgehead atoms. The first-order valence-corrected chi connectivity index (χ1v) is 8.34. The van der Waals surface area contributed by atoms with Crippen molar-refractivity contribution in [2.45, 2.75) is 77.1 Å². The van der Waals surface area contributed by atoms with Gasteiger partial charge in [0, 0.05) is 12.1 Å². The van der Waals surface area contributed by atoms with Crippen LogP contribution < -0.4 is 0 Å². The lowest BCUT2D eigenvalue weighted by atomic mass is 9.97. The van der Waals surface area contributed by atoms with Gasteiger partial charge in [0.2, 0.25) is 0 Å². The van der Waals surface area contributed by atoms with Crippen molar-refractivity contribution < 1.29 is 19.4 Å². The lowest BCUT2D eigenvalue weighted by Crippen LogP contribution is -2.49. The van der Waals surface area contributed by atoms with Gasteiger partial charge in [-0.05, 0) is 53.4 Å². The monoisotopic (exact) mass is 336 g/mol. The maximum Gasteiger partial charge on any atom is 0.410 e. The molecule has 2 aliphatic heterocycles. The maximum absolute atomic E-state index is 12.5. The molecule has 1 aromatic heterocycles. The first-order chi connectivity index (χ1) is 11.2. The topological polar surface area (TPSA) is 97.5 Å². The molecule has 0 saturated carbocycles. The van der Waals surface area contributed by atoms with E-state index in [-0.39, 0.29) is 29.9 Å². The summed E-state index contributed by atoms with van der Waals surface area (Å²) in [5.41, 5.74) is 0.0567. The molecule has 2 fully saturated rings. The Bertz CT molecular complexity index is 650. The quantitative estimate of drug-likeness (QED) is 0.890. The molecule has 3 heterocycles. The number of hydrogen-bond donors (Lipinski definition) is 1. The van der Waals surface area contributed by atoms with Crippen LogP contribution in [0.5, 0.6) is 0 Å². The number of carbonyl (C=O) groups excluding carboxylic acids is 1. The van der Waals surface area contributed by atoms with Gasteiger partial charge in [0.1, 0.15) is 5.60 Å². The number of carboxylic acid groups (broad SMARTS) is 1. The average molecular weight is 336 g/mol. The van der Waals surface area contributed by atoms with Crippen molar-refractivity contribution in [3.63, 3.8) is 0 Å². The smallest absolute Gasteiger partial charge is 0.410 e. The Morgan fingerprint density at radius 3 is 2.21 bits per heavy atom. The first kappa shape index (κ1) is 16.7. The summed E-state index contributed by atoms with van der Waals surface area (Å²) < 4.78 is 7.24. The Hall–Kier alpha value is -2.12. The number of nitrogens with zero attached hydrogens (tertiary/aromatic N) is 4. The average Bonchev–Trinajstić information content (AvgIpc) is 2.95. The minimum Gasteiger partial charge on any atom is -0.476 e. The number of fused-ring (bicyclic) bond motifs is 2. The van der Waals surface area contributed by atoms with E-state index in [0.717, 1.165) is 25.7 Å². The zero-order chi connectivity index (χ0) is 17.6. The molecule has 2 aliphatic rings. The number of rotatable bonds is 2. The fourth-order valence-corrected chi connectivity index (χ4v) is 3.85. The van der Waals surface area contributed by atoms with Crippen molar-refractivity contribution in [1.82, 2.24) is 19.9 Å². The molecule has 0 aromatic carbocycles. The summed E-state index contributed by atoms with van der Waals surface area (Å²) in [6.45, 7) is 7.33. The Kier molecular flexibility index (Phi) is 4.01. The molecule has 1 unspecified atom stereocenters. The molecular formula is C16H24N4O4. The summed E-state index contributed by atoms with van der Waals surface area (Å²) in [4.78, 5) is 25.5. The van der Waals surface area contributed by atoms with Crippen LogP contribution in [0.3, 0.4) is 0 Å². The second-order valence-electron chi connectivity index (χ2n) is 7.67. The number of carbonyl (C=O) groups is 2. The van der Waals surface area contributed by atoms with Crippen LogP contribution in [0, 0.1) is 6.92 Å². The molecule has 3 rings (SSSR count). The van der Waals surface area contributed by atoms with Crippen molar-refractivity contribution in [3.05, 3.63) is 11.4 Å². The summed E-state index contributed by atoms with van der Waals surface area (Å²) in [7, 11) is 0. The van der Waals surface area contributed by atoms with Gasteiger partial charge >= 0.3 is 12.1 Å². The third-order valence-corrected chi connectivity index (χ3v) is 4.79. The van der Waals surface area contributed by atoms with Gasteiger partial charge < -0.3 is 14.7 Å². The molecule has 8 nitrogen and oxygen atoms in total.